The number of hydrogen-bond acceptors (Lipinski definition) is 5. The van der Waals surface area contributed by atoms with Gasteiger partial charge in [0.1, 0.15) is 16.4 Å². The molecule has 0 aliphatic carbocycles. The van der Waals surface area contributed by atoms with Crippen LogP contribution in [0.3, 0.4) is 0 Å². The molecule has 152 valence electrons. The second kappa shape index (κ2) is 9.57. The van der Waals surface area contributed by atoms with Gasteiger partial charge in [-0.15, -0.1) is 0 Å². The zero-order valence-electron chi connectivity index (χ0n) is 16.6. The van der Waals surface area contributed by atoms with Crippen molar-refractivity contribution < 1.29 is 22.7 Å². The number of carbonyl (C=O) groups excluding carboxylic acids is 1. The van der Waals surface area contributed by atoms with Crippen LogP contribution >= 0.6 is 0 Å². The lowest BCUT2D eigenvalue weighted by atomic mass is 10.1. The largest absolute Gasteiger partial charge is 0.497 e. The summed E-state index contributed by atoms with van der Waals surface area (Å²) in [4.78, 5) is 12.2. The molecule has 0 saturated carbocycles. The molecule has 7 nitrogen and oxygen atoms in total. The Morgan fingerprint density at radius 2 is 1.75 bits per heavy atom. The Kier molecular flexibility index (Phi) is 7.42. The number of amides is 1. The monoisotopic (exact) mass is 406 g/mol. The topological polar surface area (TPSA) is 84.9 Å². The number of likely N-dealkylation sites (N-methyl/N-ethyl adjacent to an activating group) is 1. The molecule has 0 radical (unpaired) electrons. The highest BCUT2D eigenvalue weighted by molar-refractivity contribution is 7.89. The van der Waals surface area contributed by atoms with E-state index < -0.39 is 10.0 Å². The van der Waals surface area contributed by atoms with E-state index in [0.29, 0.717) is 13.0 Å². The third-order valence-corrected chi connectivity index (χ3v) is 6.09. The van der Waals surface area contributed by atoms with Crippen LogP contribution in [0.1, 0.15) is 11.1 Å². The summed E-state index contributed by atoms with van der Waals surface area (Å²) in [5.41, 5.74) is 1.84. The molecule has 0 heterocycles. The van der Waals surface area contributed by atoms with E-state index in [2.05, 4.69) is 5.32 Å². The molecule has 0 bridgehead atoms. The molecule has 0 fully saturated rings. The first-order valence-corrected chi connectivity index (χ1v) is 10.2. The van der Waals surface area contributed by atoms with Gasteiger partial charge in [-0.1, -0.05) is 18.2 Å². The highest BCUT2D eigenvalue weighted by atomic mass is 32.2. The maximum atomic E-state index is 12.8. The highest BCUT2D eigenvalue weighted by Gasteiger charge is 2.26. The van der Waals surface area contributed by atoms with E-state index in [1.807, 2.05) is 24.3 Å². The van der Waals surface area contributed by atoms with Crippen molar-refractivity contribution in [3.8, 4) is 11.5 Å². The molecule has 1 N–H and O–H groups in total. The van der Waals surface area contributed by atoms with Crippen LogP contribution in [0.5, 0.6) is 11.5 Å². The van der Waals surface area contributed by atoms with Crippen LogP contribution in [0, 0.1) is 6.92 Å². The van der Waals surface area contributed by atoms with Crippen molar-refractivity contribution in [3.63, 3.8) is 0 Å². The van der Waals surface area contributed by atoms with Gasteiger partial charge in [-0.2, -0.15) is 4.31 Å². The summed E-state index contributed by atoms with van der Waals surface area (Å²) in [5, 5.41) is 2.75. The third kappa shape index (κ3) is 5.46. The van der Waals surface area contributed by atoms with Crippen LogP contribution in [0.2, 0.25) is 0 Å². The highest BCUT2D eigenvalue weighted by Crippen LogP contribution is 2.27. The van der Waals surface area contributed by atoms with Crippen molar-refractivity contribution >= 4 is 15.9 Å². The fourth-order valence-electron chi connectivity index (χ4n) is 2.63. The summed E-state index contributed by atoms with van der Waals surface area (Å²) < 4.78 is 36.9. The van der Waals surface area contributed by atoms with E-state index in [4.69, 9.17) is 9.47 Å². The lowest BCUT2D eigenvalue weighted by molar-refractivity contribution is -0.121. The predicted octanol–water partition coefficient (Wildman–Crippen LogP) is 1.99. The molecule has 0 aliphatic heterocycles. The minimum Gasteiger partial charge on any atom is -0.497 e. The number of sulfonamides is 1. The van der Waals surface area contributed by atoms with Gasteiger partial charge >= 0.3 is 0 Å². The molecule has 2 aromatic rings. The Bertz CT molecular complexity index is 911. The van der Waals surface area contributed by atoms with E-state index in [1.54, 1.807) is 26.2 Å². The first-order chi connectivity index (χ1) is 13.3. The lowest BCUT2D eigenvalue weighted by Gasteiger charge is -2.19. The average Bonchev–Trinajstić information content (AvgIpc) is 2.68. The number of hydrogen-bond donors (Lipinski definition) is 1. The maximum absolute atomic E-state index is 12.8. The Hall–Kier alpha value is -2.58. The first kappa shape index (κ1) is 21.7. The number of methoxy groups -OCH3 is 2. The van der Waals surface area contributed by atoms with Crippen LogP contribution in [0.4, 0.5) is 0 Å². The molecule has 0 spiro atoms. The van der Waals surface area contributed by atoms with Crippen LogP contribution in [0.25, 0.3) is 0 Å². The van der Waals surface area contributed by atoms with Crippen molar-refractivity contribution in [2.24, 2.45) is 0 Å². The summed E-state index contributed by atoms with van der Waals surface area (Å²) in [6.07, 6.45) is 0.637. The molecule has 28 heavy (non-hydrogen) atoms. The first-order valence-electron chi connectivity index (χ1n) is 8.78. The summed E-state index contributed by atoms with van der Waals surface area (Å²) >= 11 is 0. The van der Waals surface area contributed by atoms with E-state index in [-0.39, 0.29) is 23.1 Å². The quantitative estimate of drug-likeness (QED) is 0.688. The number of nitrogens with one attached hydrogen (secondary N) is 1. The Morgan fingerprint density at radius 1 is 1.07 bits per heavy atom. The summed E-state index contributed by atoms with van der Waals surface area (Å²) in [7, 11) is 0.540. The molecular weight excluding hydrogens is 380 g/mol. The predicted molar refractivity (Wildman–Crippen MR) is 107 cm³/mol. The smallest absolute Gasteiger partial charge is 0.246 e. The van der Waals surface area contributed by atoms with Crippen molar-refractivity contribution in [1.29, 1.82) is 0 Å². The zero-order valence-corrected chi connectivity index (χ0v) is 17.4. The Labute approximate surface area is 166 Å². The van der Waals surface area contributed by atoms with E-state index in [1.165, 1.54) is 20.2 Å². The van der Waals surface area contributed by atoms with Gasteiger partial charge in [0.05, 0.1) is 20.8 Å². The van der Waals surface area contributed by atoms with Crippen LogP contribution < -0.4 is 14.8 Å². The van der Waals surface area contributed by atoms with Crippen LogP contribution in [0.15, 0.2) is 47.4 Å². The van der Waals surface area contributed by atoms with Gasteiger partial charge in [-0.3, -0.25) is 4.79 Å². The van der Waals surface area contributed by atoms with Gasteiger partial charge in [0, 0.05) is 13.6 Å². The molecule has 0 aliphatic rings. The zero-order chi connectivity index (χ0) is 20.7. The molecule has 1 amide bonds. The van der Waals surface area contributed by atoms with Gasteiger partial charge in [0.25, 0.3) is 0 Å². The number of aryl methyl sites for hydroxylation is 1. The van der Waals surface area contributed by atoms with E-state index in [9.17, 15) is 13.2 Å². The fraction of sp³-hybridized carbons (Fsp3) is 0.350. The summed E-state index contributed by atoms with van der Waals surface area (Å²) in [6.45, 7) is 1.93. The second-order valence-electron chi connectivity index (χ2n) is 6.36. The van der Waals surface area contributed by atoms with E-state index >= 15 is 0 Å². The number of carbonyl (C=O) groups is 1. The third-order valence-electron chi connectivity index (χ3n) is 4.27. The molecule has 8 heteroatoms. The lowest BCUT2D eigenvalue weighted by Crippen LogP contribution is -2.39. The van der Waals surface area contributed by atoms with Gasteiger partial charge < -0.3 is 14.8 Å². The van der Waals surface area contributed by atoms with Crippen molar-refractivity contribution in [1.82, 2.24) is 9.62 Å². The van der Waals surface area contributed by atoms with Gasteiger partial charge in [0.15, 0.2) is 0 Å². The molecule has 2 rings (SSSR count). The van der Waals surface area contributed by atoms with Crippen LogP contribution in [-0.2, 0) is 21.2 Å². The van der Waals surface area contributed by atoms with E-state index in [0.717, 1.165) is 21.2 Å². The fourth-order valence-corrected chi connectivity index (χ4v) is 4.00. The van der Waals surface area contributed by atoms with Gasteiger partial charge in [-0.05, 0) is 48.7 Å². The second-order valence-corrected chi connectivity index (χ2v) is 8.38. The normalized spacial score (nSPS) is 11.3. The molecule has 0 aromatic heterocycles. The number of ether oxygens (including phenoxy) is 2. The van der Waals surface area contributed by atoms with Crippen LogP contribution in [-0.4, -0.2) is 53.0 Å². The number of rotatable bonds is 9. The van der Waals surface area contributed by atoms with Gasteiger partial charge in [0.2, 0.25) is 15.9 Å². The van der Waals surface area contributed by atoms with Crippen molar-refractivity contribution in [2.45, 2.75) is 18.2 Å². The number of benzene rings is 2. The number of nitrogens with zero attached hydrogens (tertiary/aromatic N) is 1. The Balaban J connectivity index is 1.94. The molecule has 0 unspecified atom stereocenters. The summed E-state index contributed by atoms with van der Waals surface area (Å²) in [5.74, 6) is 0.648. The van der Waals surface area contributed by atoms with Crippen molar-refractivity contribution in [3.05, 3.63) is 53.6 Å². The minimum atomic E-state index is -3.85. The molecular formula is C20H26N2O5S. The summed E-state index contributed by atoms with van der Waals surface area (Å²) in [6, 6.07) is 12.5. The molecule has 0 atom stereocenters. The molecule has 0 saturated heterocycles. The van der Waals surface area contributed by atoms with Gasteiger partial charge in [-0.25, -0.2) is 8.42 Å². The van der Waals surface area contributed by atoms with Crippen molar-refractivity contribution in [2.75, 3.05) is 34.4 Å². The molecule has 2 aromatic carbocycles. The minimum absolute atomic E-state index is 0.0449. The SMILES string of the molecule is COc1ccc(CCNC(=O)CN(C)S(=O)(=O)c2cc(C)ccc2OC)cc1. The standard InChI is InChI=1S/C20H26N2O5S/c1-15-5-10-18(27-4)19(13-15)28(24,25)22(2)14-20(23)21-12-11-16-6-8-17(26-3)9-7-16/h5-10,13H,11-12,14H2,1-4H3,(H,21,23). The Morgan fingerprint density at radius 3 is 2.36 bits per heavy atom. The maximum Gasteiger partial charge on any atom is 0.246 e. The average molecular weight is 407 g/mol.